The van der Waals surface area contributed by atoms with E-state index in [1.54, 1.807) is 0 Å². The highest BCUT2D eigenvalue weighted by Gasteiger charge is 2.08. The first-order valence-corrected chi connectivity index (χ1v) is 6.56. The minimum absolute atomic E-state index is 0.131. The van der Waals surface area contributed by atoms with Gasteiger partial charge in [0.15, 0.2) is 0 Å². The second kappa shape index (κ2) is 7.39. The first-order chi connectivity index (χ1) is 8.51. The van der Waals surface area contributed by atoms with Gasteiger partial charge in [-0.3, -0.25) is 0 Å². The third-order valence-corrected chi connectivity index (χ3v) is 2.42. The summed E-state index contributed by atoms with van der Waals surface area (Å²) >= 11 is 0. The van der Waals surface area contributed by atoms with Crippen LogP contribution in [0.2, 0.25) is 0 Å². The van der Waals surface area contributed by atoms with Crippen molar-refractivity contribution in [2.45, 2.75) is 39.8 Å². The van der Waals surface area contributed by atoms with Gasteiger partial charge < -0.3 is 14.8 Å². The summed E-state index contributed by atoms with van der Waals surface area (Å²) in [7, 11) is 0. The number of hydrogen-bond donors (Lipinski definition) is 1. The molecular formula is C15H25NO2. The molecule has 0 aliphatic heterocycles. The molecule has 18 heavy (non-hydrogen) atoms. The monoisotopic (exact) mass is 251 g/mol. The van der Waals surface area contributed by atoms with Crippen molar-refractivity contribution in [3.05, 3.63) is 29.8 Å². The highest BCUT2D eigenvalue weighted by atomic mass is 16.5. The summed E-state index contributed by atoms with van der Waals surface area (Å²) in [5.74, 6) is 0.905. The van der Waals surface area contributed by atoms with Gasteiger partial charge in [-0.15, -0.1) is 0 Å². The quantitative estimate of drug-likeness (QED) is 0.756. The Morgan fingerprint density at radius 2 is 1.94 bits per heavy atom. The summed E-state index contributed by atoms with van der Waals surface area (Å²) in [5, 5.41) is 3.46. The Kier molecular flexibility index (Phi) is 6.16. The maximum absolute atomic E-state index is 5.63. The van der Waals surface area contributed by atoms with Gasteiger partial charge in [0.1, 0.15) is 12.4 Å². The van der Waals surface area contributed by atoms with E-state index in [2.05, 4.69) is 38.2 Å². The summed E-state index contributed by atoms with van der Waals surface area (Å²) in [4.78, 5) is 0. The normalized spacial score (nSPS) is 11.6. The van der Waals surface area contributed by atoms with Crippen LogP contribution in [0, 0.1) is 0 Å². The maximum Gasteiger partial charge on any atom is 0.119 e. The van der Waals surface area contributed by atoms with Crippen LogP contribution in [0.25, 0.3) is 0 Å². The first-order valence-electron chi connectivity index (χ1n) is 6.56. The van der Waals surface area contributed by atoms with Gasteiger partial charge in [0.05, 0.1) is 6.61 Å². The average Bonchev–Trinajstić information content (AvgIpc) is 2.32. The average molecular weight is 251 g/mol. The van der Waals surface area contributed by atoms with Gasteiger partial charge in [-0.2, -0.15) is 0 Å². The topological polar surface area (TPSA) is 30.5 Å². The fourth-order valence-electron chi connectivity index (χ4n) is 1.48. The molecule has 1 aromatic rings. The molecule has 0 spiro atoms. The van der Waals surface area contributed by atoms with Crippen molar-refractivity contribution < 1.29 is 9.47 Å². The molecule has 0 atom stereocenters. The molecule has 3 nitrogen and oxygen atoms in total. The minimum Gasteiger partial charge on any atom is -0.491 e. The van der Waals surface area contributed by atoms with Crippen molar-refractivity contribution in [1.82, 2.24) is 5.32 Å². The lowest BCUT2D eigenvalue weighted by Crippen LogP contribution is -2.35. The molecule has 0 bridgehead atoms. The standard InChI is InChI=1S/C15H25NO2/c1-5-17-9-10-18-14-8-6-7-13(11-14)12-16-15(2,3)4/h6-8,11,16H,5,9-10,12H2,1-4H3. The van der Waals surface area contributed by atoms with Gasteiger partial charge in [0.25, 0.3) is 0 Å². The zero-order valence-corrected chi connectivity index (χ0v) is 12.0. The highest BCUT2D eigenvalue weighted by Crippen LogP contribution is 2.14. The van der Waals surface area contributed by atoms with Crippen LogP contribution in [0.1, 0.15) is 33.3 Å². The number of hydrogen-bond acceptors (Lipinski definition) is 3. The zero-order valence-electron chi connectivity index (χ0n) is 12.0. The largest absolute Gasteiger partial charge is 0.491 e. The molecule has 0 aromatic heterocycles. The van der Waals surface area contributed by atoms with E-state index in [-0.39, 0.29) is 5.54 Å². The van der Waals surface area contributed by atoms with Crippen LogP contribution in [-0.4, -0.2) is 25.4 Å². The zero-order chi connectivity index (χ0) is 13.4. The Bertz CT molecular complexity index is 345. The SMILES string of the molecule is CCOCCOc1cccc(CNC(C)(C)C)c1. The predicted molar refractivity (Wildman–Crippen MR) is 75.0 cm³/mol. The van der Waals surface area contributed by atoms with Crippen LogP contribution in [0.3, 0.4) is 0 Å². The van der Waals surface area contributed by atoms with E-state index >= 15 is 0 Å². The summed E-state index contributed by atoms with van der Waals surface area (Å²) in [6.45, 7) is 11.3. The van der Waals surface area contributed by atoms with E-state index in [4.69, 9.17) is 9.47 Å². The molecule has 3 heteroatoms. The van der Waals surface area contributed by atoms with Crippen LogP contribution in [0.15, 0.2) is 24.3 Å². The smallest absolute Gasteiger partial charge is 0.119 e. The number of nitrogens with one attached hydrogen (secondary N) is 1. The van der Waals surface area contributed by atoms with Crippen molar-refractivity contribution in [2.24, 2.45) is 0 Å². The van der Waals surface area contributed by atoms with Crippen molar-refractivity contribution in [3.8, 4) is 5.75 Å². The van der Waals surface area contributed by atoms with Crippen LogP contribution in [0.4, 0.5) is 0 Å². The van der Waals surface area contributed by atoms with Gasteiger partial charge in [0, 0.05) is 18.7 Å². The molecule has 0 heterocycles. The summed E-state index contributed by atoms with van der Waals surface area (Å²) in [6.07, 6.45) is 0. The lowest BCUT2D eigenvalue weighted by molar-refractivity contribution is 0.110. The molecule has 0 radical (unpaired) electrons. The van der Waals surface area contributed by atoms with Crippen LogP contribution < -0.4 is 10.1 Å². The second-order valence-corrected chi connectivity index (χ2v) is 5.30. The molecule has 0 amide bonds. The lowest BCUT2D eigenvalue weighted by Gasteiger charge is -2.20. The minimum atomic E-state index is 0.131. The molecule has 0 fully saturated rings. The first kappa shape index (κ1) is 15.0. The molecule has 0 saturated heterocycles. The molecule has 102 valence electrons. The Balaban J connectivity index is 2.41. The van der Waals surface area contributed by atoms with Crippen molar-refractivity contribution in [1.29, 1.82) is 0 Å². The number of benzene rings is 1. The van der Waals surface area contributed by atoms with E-state index in [0.29, 0.717) is 13.2 Å². The fraction of sp³-hybridized carbons (Fsp3) is 0.600. The molecular weight excluding hydrogens is 226 g/mol. The van der Waals surface area contributed by atoms with Gasteiger partial charge in [0.2, 0.25) is 0 Å². The molecule has 1 rings (SSSR count). The molecule has 0 unspecified atom stereocenters. The van der Waals surface area contributed by atoms with Crippen molar-refractivity contribution in [3.63, 3.8) is 0 Å². The van der Waals surface area contributed by atoms with E-state index in [0.717, 1.165) is 18.9 Å². The number of ether oxygens (including phenoxy) is 2. The Morgan fingerprint density at radius 1 is 1.17 bits per heavy atom. The van der Waals surface area contributed by atoms with E-state index in [9.17, 15) is 0 Å². The maximum atomic E-state index is 5.63. The summed E-state index contributed by atoms with van der Waals surface area (Å²) in [5.41, 5.74) is 1.37. The Labute approximate surface area is 110 Å². The van der Waals surface area contributed by atoms with E-state index in [1.807, 2.05) is 19.1 Å². The summed E-state index contributed by atoms with van der Waals surface area (Å²) in [6, 6.07) is 8.18. The van der Waals surface area contributed by atoms with Crippen LogP contribution in [-0.2, 0) is 11.3 Å². The van der Waals surface area contributed by atoms with E-state index in [1.165, 1.54) is 5.56 Å². The van der Waals surface area contributed by atoms with Gasteiger partial charge in [-0.05, 0) is 45.4 Å². The Hall–Kier alpha value is -1.06. The predicted octanol–water partition coefficient (Wildman–Crippen LogP) is 2.99. The molecule has 0 aliphatic carbocycles. The molecule has 1 N–H and O–H groups in total. The van der Waals surface area contributed by atoms with Gasteiger partial charge >= 0.3 is 0 Å². The van der Waals surface area contributed by atoms with E-state index < -0.39 is 0 Å². The number of rotatable bonds is 7. The van der Waals surface area contributed by atoms with Gasteiger partial charge in [-0.1, -0.05) is 12.1 Å². The Morgan fingerprint density at radius 3 is 2.61 bits per heavy atom. The highest BCUT2D eigenvalue weighted by molar-refractivity contribution is 5.28. The van der Waals surface area contributed by atoms with Gasteiger partial charge in [-0.25, -0.2) is 0 Å². The van der Waals surface area contributed by atoms with Crippen LogP contribution in [0.5, 0.6) is 5.75 Å². The molecule has 1 aromatic carbocycles. The molecule has 0 aliphatic rings. The van der Waals surface area contributed by atoms with Crippen molar-refractivity contribution in [2.75, 3.05) is 19.8 Å². The third-order valence-electron chi connectivity index (χ3n) is 2.42. The third kappa shape index (κ3) is 6.62. The van der Waals surface area contributed by atoms with Crippen LogP contribution >= 0.6 is 0 Å². The fourth-order valence-corrected chi connectivity index (χ4v) is 1.48. The molecule has 0 saturated carbocycles. The lowest BCUT2D eigenvalue weighted by atomic mass is 10.1. The summed E-state index contributed by atoms with van der Waals surface area (Å²) < 4.78 is 10.9. The van der Waals surface area contributed by atoms with Crippen molar-refractivity contribution >= 4 is 0 Å². The second-order valence-electron chi connectivity index (χ2n) is 5.30.